The Kier molecular flexibility index (Phi) is 5.01. The van der Waals surface area contributed by atoms with Crippen molar-refractivity contribution in [2.24, 2.45) is 0 Å². The van der Waals surface area contributed by atoms with Gasteiger partial charge in [0.25, 0.3) is 11.8 Å². The molecule has 0 saturated carbocycles. The maximum absolute atomic E-state index is 12.7. The first kappa shape index (κ1) is 19.4. The average Bonchev–Trinajstić information content (AvgIpc) is 3.45. The number of fused-ring (bicyclic) bond motifs is 2. The van der Waals surface area contributed by atoms with Crippen LogP contribution >= 0.6 is 0 Å². The van der Waals surface area contributed by atoms with Crippen LogP contribution in [-0.2, 0) is 6.61 Å². The number of hydrogen-bond donors (Lipinski definition) is 3. The summed E-state index contributed by atoms with van der Waals surface area (Å²) in [7, 11) is 0. The van der Waals surface area contributed by atoms with E-state index < -0.39 is 11.8 Å². The predicted octanol–water partition coefficient (Wildman–Crippen LogP) is 3.47. The largest absolute Gasteiger partial charge is 0.486 e. The fourth-order valence-electron chi connectivity index (χ4n) is 3.50. The molecule has 2 aromatic carbocycles. The molecule has 0 fully saturated rings. The number of para-hydroxylation sites is 2. The van der Waals surface area contributed by atoms with E-state index in [1.54, 1.807) is 30.5 Å². The third kappa shape index (κ3) is 3.77. The van der Waals surface area contributed by atoms with E-state index in [-0.39, 0.29) is 6.61 Å². The first-order valence-electron chi connectivity index (χ1n) is 10.0. The van der Waals surface area contributed by atoms with Crippen molar-refractivity contribution in [3.8, 4) is 5.75 Å². The normalized spacial score (nSPS) is 10.9. The third-order valence-electron chi connectivity index (χ3n) is 5.04. The van der Waals surface area contributed by atoms with E-state index in [1.165, 1.54) is 0 Å². The van der Waals surface area contributed by atoms with Crippen molar-refractivity contribution in [2.45, 2.75) is 6.61 Å². The summed E-state index contributed by atoms with van der Waals surface area (Å²) in [5.41, 5.74) is 8.06. The molecule has 5 aromatic rings. The Bertz CT molecular complexity index is 1400. The minimum Gasteiger partial charge on any atom is -0.486 e. The molecule has 0 unspecified atom stereocenters. The Balaban J connectivity index is 1.26. The zero-order chi connectivity index (χ0) is 21.9. The van der Waals surface area contributed by atoms with Crippen molar-refractivity contribution in [3.05, 3.63) is 102 Å². The van der Waals surface area contributed by atoms with Crippen LogP contribution in [0, 0.1) is 0 Å². The lowest BCUT2D eigenvalue weighted by molar-refractivity contribution is 0.0845. The molecule has 0 aliphatic heterocycles. The van der Waals surface area contributed by atoms with Gasteiger partial charge in [-0.1, -0.05) is 36.4 Å². The highest BCUT2D eigenvalue weighted by molar-refractivity contribution is 6.07. The number of nitrogens with zero attached hydrogens (tertiary/aromatic N) is 2. The highest BCUT2D eigenvalue weighted by Crippen LogP contribution is 2.20. The number of aromatic nitrogens is 3. The predicted molar refractivity (Wildman–Crippen MR) is 119 cm³/mol. The van der Waals surface area contributed by atoms with Gasteiger partial charge in [-0.2, -0.15) is 0 Å². The number of amides is 2. The summed E-state index contributed by atoms with van der Waals surface area (Å²) in [6.07, 6.45) is 5.39. The molecule has 0 aliphatic rings. The number of nitrogens with one attached hydrogen (secondary N) is 3. The lowest BCUT2D eigenvalue weighted by Gasteiger charge is -2.11. The number of carbonyl (C=O) groups excluding carboxylic acids is 2. The van der Waals surface area contributed by atoms with Gasteiger partial charge in [0, 0.05) is 29.5 Å². The van der Waals surface area contributed by atoms with Gasteiger partial charge in [0.15, 0.2) is 0 Å². The number of ether oxygens (including phenoxy) is 1. The molecule has 3 aromatic heterocycles. The lowest BCUT2D eigenvalue weighted by Crippen LogP contribution is -2.41. The molecule has 8 heteroatoms. The molecule has 8 nitrogen and oxygen atoms in total. The van der Waals surface area contributed by atoms with Crippen LogP contribution in [0.2, 0.25) is 0 Å². The average molecular weight is 425 g/mol. The van der Waals surface area contributed by atoms with E-state index in [0.717, 1.165) is 22.2 Å². The van der Waals surface area contributed by atoms with Crippen molar-refractivity contribution in [2.75, 3.05) is 0 Å². The molecular weight excluding hydrogens is 406 g/mol. The summed E-state index contributed by atoms with van der Waals surface area (Å²) in [6, 6.07) is 20.0. The molecule has 3 N–H and O–H groups in total. The van der Waals surface area contributed by atoms with Crippen LogP contribution in [-0.4, -0.2) is 26.2 Å². The van der Waals surface area contributed by atoms with E-state index in [9.17, 15) is 9.59 Å². The molecule has 3 heterocycles. The van der Waals surface area contributed by atoms with Gasteiger partial charge in [0.2, 0.25) is 0 Å². The molecule has 0 bridgehead atoms. The fourth-order valence-corrected chi connectivity index (χ4v) is 3.50. The van der Waals surface area contributed by atoms with Gasteiger partial charge in [-0.15, -0.1) is 0 Å². The monoisotopic (exact) mass is 425 g/mol. The number of aromatic amines is 1. The Labute approximate surface area is 182 Å². The maximum Gasteiger partial charge on any atom is 0.273 e. The van der Waals surface area contributed by atoms with Gasteiger partial charge in [0.05, 0.1) is 16.8 Å². The van der Waals surface area contributed by atoms with E-state index in [4.69, 9.17) is 4.74 Å². The second-order valence-electron chi connectivity index (χ2n) is 7.14. The number of pyridine rings is 1. The zero-order valence-corrected chi connectivity index (χ0v) is 16.9. The molecule has 0 aliphatic carbocycles. The van der Waals surface area contributed by atoms with Crippen LogP contribution in [0.15, 0.2) is 85.3 Å². The van der Waals surface area contributed by atoms with Gasteiger partial charge >= 0.3 is 0 Å². The van der Waals surface area contributed by atoms with E-state index in [2.05, 4.69) is 20.8 Å². The van der Waals surface area contributed by atoms with Gasteiger partial charge in [-0.05, 0) is 30.3 Å². The van der Waals surface area contributed by atoms with Crippen molar-refractivity contribution in [1.82, 2.24) is 25.2 Å². The first-order chi connectivity index (χ1) is 15.7. The number of hydrazine groups is 1. The molecule has 0 saturated heterocycles. The van der Waals surface area contributed by atoms with Gasteiger partial charge in [-0.25, -0.2) is 4.98 Å². The number of carbonyl (C=O) groups is 2. The van der Waals surface area contributed by atoms with E-state index in [0.29, 0.717) is 16.9 Å². The molecule has 0 spiro atoms. The highest BCUT2D eigenvalue weighted by Gasteiger charge is 2.16. The number of imidazole rings is 1. The van der Waals surface area contributed by atoms with Crippen LogP contribution < -0.4 is 15.6 Å². The number of rotatable bonds is 5. The summed E-state index contributed by atoms with van der Waals surface area (Å²) < 4.78 is 7.76. The smallest absolute Gasteiger partial charge is 0.273 e. The quantitative estimate of drug-likeness (QED) is 0.375. The summed E-state index contributed by atoms with van der Waals surface area (Å²) in [5, 5.41) is 0.774. The second kappa shape index (κ2) is 8.27. The maximum atomic E-state index is 12.7. The van der Waals surface area contributed by atoms with Gasteiger partial charge in [-0.3, -0.25) is 20.4 Å². The number of hydrogen-bond acceptors (Lipinski definition) is 4. The van der Waals surface area contributed by atoms with E-state index in [1.807, 2.05) is 59.3 Å². The Morgan fingerprint density at radius 2 is 1.66 bits per heavy atom. The van der Waals surface area contributed by atoms with E-state index >= 15 is 0 Å². The van der Waals surface area contributed by atoms with Gasteiger partial charge in [0.1, 0.15) is 18.0 Å². The van der Waals surface area contributed by atoms with Crippen molar-refractivity contribution in [3.63, 3.8) is 0 Å². The fraction of sp³-hybridized carbons (Fsp3) is 0.0417. The van der Waals surface area contributed by atoms with Crippen molar-refractivity contribution < 1.29 is 14.3 Å². The summed E-state index contributed by atoms with van der Waals surface area (Å²) >= 11 is 0. The first-order valence-corrected chi connectivity index (χ1v) is 10.0. The molecule has 32 heavy (non-hydrogen) atoms. The summed E-state index contributed by atoms with van der Waals surface area (Å²) in [5.74, 6) is -0.508. The highest BCUT2D eigenvalue weighted by atomic mass is 16.5. The topological polar surface area (TPSA) is 101 Å². The summed E-state index contributed by atoms with van der Waals surface area (Å²) in [4.78, 5) is 32.8. The Morgan fingerprint density at radius 1 is 0.906 bits per heavy atom. The molecular formula is C24H19N5O3. The number of benzene rings is 2. The van der Waals surface area contributed by atoms with Gasteiger partial charge < -0.3 is 14.1 Å². The van der Waals surface area contributed by atoms with Crippen LogP contribution in [0.25, 0.3) is 16.6 Å². The number of H-pyrrole nitrogens is 1. The Morgan fingerprint density at radius 3 is 2.53 bits per heavy atom. The molecule has 0 radical (unpaired) electrons. The third-order valence-corrected chi connectivity index (χ3v) is 5.04. The van der Waals surface area contributed by atoms with Crippen molar-refractivity contribution in [1.29, 1.82) is 0 Å². The zero-order valence-electron chi connectivity index (χ0n) is 16.9. The van der Waals surface area contributed by atoms with Crippen LogP contribution in [0.3, 0.4) is 0 Å². The van der Waals surface area contributed by atoms with Crippen LogP contribution in [0.5, 0.6) is 5.75 Å². The molecule has 2 amide bonds. The lowest BCUT2D eigenvalue weighted by atomic mass is 10.1. The second-order valence-corrected chi connectivity index (χ2v) is 7.14. The Hall–Kier alpha value is -4.59. The van der Waals surface area contributed by atoms with Crippen LogP contribution in [0.4, 0.5) is 0 Å². The summed E-state index contributed by atoms with van der Waals surface area (Å²) in [6.45, 7) is 0.202. The minimum absolute atomic E-state index is 0.202. The molecule has 0 atom stereocenters. The van der Waals surface area contributed by atoms with Crippen molar-refractivity contribution >= 4 is 28.4 Å². The van der Waals surface area contributed by atoms with Crippen LogP contribution in [0.1, 0.15) is 26.4 Å². The molecule has 158 valence electrons. The standard InChI is InChI=1S/C24H19N5O3/c30-23(27-28-24(31)19-13-25-20-9-3-1-7-17(19)20)18-8-2-4-10-21(18)32-15-16-14-29-12-6-5-11-22(29)26-16/h1-14,25H,15H2,(H,27,30)(H,28,31). The minimum atomic E-state index is -0.483. The SMILES string of the molecule is O=C(NNC(=O)c1c[nH]c2ccccc12)c1ccccc1OCc1cn2ccccc2n1. The molecule has 5 rings (SSSR count).